The van der Waals surface area contributed by atoms with Crippen molar-refractivity contribution in [3.8, 4) is 6.07 Å². The van der Waals surface area contributed by atoms with E-state index in [4.69, 9.17) is 11.6 Å². The first-order valence-electron chi connectivity index (χ1n) is 11.8. The third-order valence-electron chi connectivity index (χ3n) is 6.35. The molecule has 3 aromatic carbocycles. The molecule has 1 N–H and O–H groups in total. The summed E-state index contributed by atoms with van der Waals surface area (Å²) in [6.45, 7) is 1.36. The maximum absolute atomic E-state index is 13.2. The molecule has 0 spiro atoms. The fourth-order valence-electron chi connectivity index (χ4n) is 4.18. The third kappa shape index (κ3) is 6.34. The number of nitrogens with one attached hydrogen (secondary N) is 1. The van der Waals surface area contributed by atoms with Gasteiger partial charge >= 0.3 is 0 Å². The number of piperazine rings is 1. The third-order valence-corrected chi connectivity index (χ3v) is 9.67. The smallest absolute Gasteiger partial charge is 0.257 e. The molecule has 0 aromatic heterocycles. The van der Waals surface area contributed by atoms with E-state index in [9.17, 15) is 26.9 Å². The highest BCUT2D eigenvalue weighted by molar-refractivity contribution is 7.92. The van der Waals surface area contributed by atoms with E-state index >= 15 is 0 Å². The number of anilines is 3. The topological polar surface area (TPSA) is 131 Å². The summed E-state index contributed by atoms with van der Waals surface area (Å²) < 4.78 is 52.8. The molecule has 1 amide bonds. The van der Waals surface area contributed by atoms with Crippen LogP contribution in [-0.2, 0) is 20.0 Å². The summed E-state index contributed by atoms with van der Waals surface area (Å²) in [5.74, 6) is -0.534. The van der Waals surface area contributed by atoms with Crippen molar-refractivity contribution in [2.24, 2.45) is 0 Å². The van der Waals surface area contributed by atoms with Crippen LogP contribution in [0.25, 0.3) is 0 Å². The van der Waals surface area contributed by atoms with Crippen LogP contribution in [0.4, 0.5) is 17.1 Å². The molecule has 0 radical (unpaired) electrons. The van der Waals surface area contributed by atoms with Gasteiger partial charge in [0.05, 0.1) is 34.0 Å². The van der Waals surface area contributed by atoms with E-state index in [2.05, 4.69) is 11.4 Å². The van der Waals surface area contributed by atoms with Gasteiger partial charge in [0.15, 0.2) is 0 Å². The predicted molar refractivity (Wildman–Crippen MR) is 151 cm³/mol. The van der Waals surface area contributed by atoms with Crippen molar-refractivity contribution in [2.45, 2.75) is 4.90 Å². The fraction of sp³-hybridized carbons (Fsp3) is 0.231. The number of rotatable bonds is 7. The number of para-hydroxylation sites is 1. The molecule has 1 aliphatic heterocycles. The molecule has 3 aromatic rings. The van der Waals surface area contributed by atoms with Gasteiger partial charge in [0, 0.05) is 49.6 Å². The van der Waals surface area contributed by atoms with Crippen molar-refractivity contribution >= 4 is 54.6 Å². The van der Waals surface area contributed by atoms with Crippen LogP contribution in [0.5, 0.6) is 0 Å². The number of nitriles is 1. The van der Waals surface area contributed by atoms with Crippen LogP contribution in [0.15, 0.2) is 71.6 Å². The number of hydrogen-bond acceptors (Lipinski definition) is 7. The van der Waals surface area contributed by atoms with Crippen LogP contribution in [0.3, 0.4) is 0 Å². The average molecular weight is 588 g/mol. The molecule has 0 bridgehead atoms. The number of benzene rings is 3. The minimum atomic E-state index is -3.78. The van der Waals surface area contributed by atoms with Crippen molar-refractivity contribution in [1.29, 1.82) is 5.26 Å². The summed E-state index contributed by atoms with van der Waals surface area (Å²) in [6.07, 6.45) is 1.04. The molecule has 0 saturated carbocycles. The number of nitrogens with zero attached hydrogens (tertiary/aromatic N) is 4. The Bertz CT molecular complexity index is 1650. The van der Waals surface area contributed by atoms with E-state index in [1.54, 1.807) is 30.3 Å². The summed E-state index contributed by atoms with van der Waals surface area (Å²) >= 11 is 6.11. The van der Waals surface area contributed by atoms with E-state index in [0.717, 1.165) is 16.2 Å². The minimum absolute atomic E-state index is 0.0840. The van der Waals surface area contributed by atoms with E-state index in [0.29, 0.717) is 29.4 Å². The molecule has 0 atom stereocenters. The predicted octanol–water partition coefficient (Wildman–Crippen LogP) is 3.37. The van der Waals surface area contributed by atoms with E-state index in [1.165, 1.54) is 47.8 Å². The Morgan fingerprint density at radius 3 is 2.23 bits per heavy atom. The number of hydrogen-bond donors (Lipinski definition) is 1. The van der Waals surface area contributed by atoms with Crippen LogP contribution >= 0.6 is 11.6 Å². The van der Waals surface area contributed by atoms with Crippen molar-refractivity contribution in [1.82, 2.24) is 4.31 Å². The Labute approximate surface area is 233 Å². The van der Waals surface area contributed by atoms with Crippen LogP contribution in [-0.4, -0.2) is 66.5 Å². The zero-order valence-corrected chi connectivity index (χ0v) is 23.6. The SMILES string of the molecule is CN(c1ccccc1C(=O)Nc1ccc(S(=O)(=O)N2CCN(c3cc(Cl)cc(C#N)c3)CC2)cc1)S(C)(=O)=O. The van der Waals surface area contributed by atoms with Crippen LogP contribution in [0.2, 0.25) is 5.02 Å². The molecule has 204 valence electrons. The summed E-state index contributed by atoms with van der Waals surface area (Å²) in [6, 6.07) is 19.2. The maximum atomic E-state index is 13.2. The fourth-order valence-corrected chi connectivity index (χ4v) is 6.35. The van der Waals surface area contributed by atoms with Gasteiger partial charge in [0.1, 0.15) is 0 Å². The standard InChI is InChI=1S/C26H26ClN5O5S2/c1-30(38(2,34)35)25-6-4-3-5-24(25)26(33)29-21-7-9-23(10-8-21)39(36,37)32-13-11-31(12-14-32)22-16-19(18-28)15-20(27)17-22/h3-10,15-17H,11-14H2,1-2H3,(H,29,33). The zero-order chi connectivity index (χ0) is 28.4. The van der Waals surface area contributed by atoms with Gasteiger partial charge in [-0.05, 0) is 54.6 Å². The second-order valence-electron chi connectivity index (χ2n) is 8.93. The number of carbonyl (C=O) groups is 1. The number of halogens is 1. The lowest BCUT2D eigenvalue weighted by Gasteiger charge is -2.35. The number of sulfonamides is 2. The molecule has 1 fully saturated rings. The van der Waals surface area contributed by atoms with Gasteiger partial charge in [0.2, 0.25) is 20.0 Å². The quantitative estimate of drug-likeness (QED) is 0.448. The number of amides is 1. The first-order valence-corrected chi connectivity index (χ1v) is 15.5. The zero-order valence-electron chi connectivity index (χ0n) is 21.2. The highest BCUT2D eigenvalue weighted by Gasteiger charge is 2.29. The molecule has 4 rings (SSSR count). The van der Waals surface area contributed by atoms with Crippen molar-refractivity contribution in [2.75, 3.05) is 54.0 Å². The minimum Gasteiger partial charge on any atom is -0.369 e. The monoisotopic (exact) mass is 587 g/mol. The second-order valence-corrected chi connectivity index (χ2v) is 13.3. The Hall–Kier alpha value is -3.63. The highest BCUT2D eigenvalue weighted by Crippen LogP contribution is 2.27. The second kappa shape index (κ2) is 11.2. The average Bonchev–Trinajstić information content (AvgIpc) is 2.92. The molecule has 10 nitrogen and oxygen atoms in total. The van der Waals surface area contributed by atoms with Crippen LogP contribution in [0, 0.1) is 11.3 Å². The van der Waals surface area contributed by atoms with Gasteiger partial charge in [-0.2, -0.15) is 9.57 Å². The number of carbonyl (C=O) groups excluding carboxylic acids is 1. The summed E-state index contributed by atoms with van der Waals surface area (Å²) in [7, 11) is -6.00. The maximum Gasteiger partial charge on any atom is 0.257 e. The van der Waals surface area contributed by atoms with E-state index in [1.807, 2.05) is 4.90 Å². The van der Waals surface area contributed by atoms with Crippen molar-refractivity contribution in [3.05, 3.63) is 82.9 Å². The first kappa shape index (κ1) is 28.4. The van der Waals surface area contributed by atoms with Gasteiger partial charge in [-0.3, -0.25) is 9.10 Å². The molecule has 0 unspecified atom stereocenters. The van der Waals surface area contributed by atoms with Crippen molar-refractivity contribution in [3.63, 3.8) is 0 Å². The summed E-state index contributed by atoms with van der Waals surface area (Å²) in [4.78, 5) is 15.0. The Morgan fingerprint density at radius 2 is 1.62 bits per heavy atom. The lowest BCUT2D eigenvalue weighted by molar-refractivity contribution is 0.102. The molecule has 1 aliphatic rings. The molecule has 1 saturated heterocycles. The molecule has 1 heterocycles. The molecule has 0 aliphatic carbocycles. The molecular weight excluding hydrogens is 562 g/mol. The Balaban J connectivity index is 1.44. The van der Waals surface area contributed by atoms with E-state index < -0.39 is 26.0 Å². The van der Waals surface area contributed by atoms with Crippen molar-refractivity contribution < 1.29 is 21.6 Å². The first-order chi connectivity index (χ1) is 18.4. The molecule has 13 heteroatoms. The summed E-state index contributed by atoms with van der Waals surface area (Å²) in [5, 5.41) is 12.3. The van der Waals surface area contributed by atoms with Gasteiger partial charge in [0.25, 0.3) is 5.91 Å². The van der Waals surface area contributed by atoms with Crippen LogP contribution < -0.4 is 14.5 Å². The largest absolute Gasteiger partial charge is 0.369 e. The van der Waals surface area contributed by atoms with Gasteiger partial charge in [-0.25, -0.2) is 16.8 Å². The highest BCUT2D eigenvalue weighted by atomic mass is 35.5. The van der Waals surface area contributed by atoms with Gasteiger partial charge < -0.3 is 10.2 Å². The Kier molecular flexibility index (Phi) is 8.17. The normalized spacial score (nSPS) is 14.5. The van der Waals surface area contributed by atoms with Gasteiger partial charge in [-0.1, -0.05) is 23.7 Å². The van der Waals surface area contributed by atoms with Gasteiger partial charge in [-0.15, -0.1) is 0 Å². The Morgan fingerprint density at radius 1 is 0.974 bits per heavy atom. The summed E-state index contributed by atoms with van der Waals surface area (Å²) in [5.41, 5.74) is 1.93. The lowest BCUT2D eigenvalue weighted by atomic mass is 10.1. The van der Waals surface area contributed by atoms with Crippen LogP contribution in [0.1, 0.15) is 15.9 Å². The van der Waals surface area contributed by atoms with E-state index in [-0.39, 0.29) is 29.2 Å². The lowest BCUT2D eigenvalue weighted by Crippen LogP contribution is -2.48. The molecular formula is C26H26ClN5O5S2. The molecule has 39 heavy (non-hydrogen) atoms.